The van der Waals surface area contributed by atoms with Gasteiger partial charge < -0.3 is 0 Å². The van der Waals surface area contributed by atoms with Crippen molar-refractivity contribution >= 4 is 0 Å². The zero-order valence-corrected chi connectivity index (χ0v) is 25.7. The van der Waals surface area contributed by atoms with Crippen molar-refractivity contribution in [2.75, 3.05) is 13.2 Å². The van der Waals surface area contributed by atoms with Crippen LogP contribution < -0.4 is 0 Å². The standard InChI is InChI=1S/C18H37O.C4H9O.2C4H9.O.Ti/c1-2-3-4-5-6-7-8-9-10-11-12-13-14-15-16-17-18-19;1-2-3-4-5;2*1-3-4-2;;/h2-18H2,1H3;2-4H2,1H3;2*1,3-4H2,2H3;;/q2*-1;;;;+2. The molecule has 0 atom stereocenters. The Balaban J connectivity index is 3.91. The third-order valence-electron chi connectivity index (χ3n) is 7.37. The van der Waals surface area contributed by atoms with Crippen LogP contribution in [0.3, 0.4) is 0 Å². The van der Waals surface area contributed by atoms with Crippen LogP contribution in [0, 0.1) is 0 Å². The first-order valence-electron chi connectivity index (χ1n) is 15.7. The van der Waals surface area contributed by atoms with Gasteiger partial charge in [-0.3, -0.25) is 0 Å². The monoisotopic (exact) mass is 520 g/mol. The molecule has 0 amide bonds. The minimum atomic E-state index is -4.52. The van der Waals surface area contributed by atoms with Gasteiger partial charge in [0.1, 0.15) is 0 Å². The van der Waals surface area contributed by atoms with Crippen LogP contribution in [-0.4, -0.2) is 13.2 Å². The molecule has 4 heteroatoms. The molecule has 0 aliphatic heterocycles. The van der Waals surface area contributed by atoms with E-state index in [1.54, 1.807) is 0 Å². The summed E-state index contributed by atoms with van der Waals surface area (Å²) in [7, 11) is 0. The topological polar surface area (TPSA) is 35.5 Å². The summed E-state index contributed by atoms with van der Waals surface area (Å²) in [5.41, 5.74) is 0. The van der Waals surface area contributed by atoms with E-state index in [1.807, 2.05) is 0 Å². The van der Waals surface area contributed by atoms with E-state index in [2.05, 4.69) is 27.7 Å². The molecule has 34 heavy (non-hydrogen) atoms. The van der Waals surface area contributed by atoms with Crippen LogP contribution in [0.4, 0.5) is 0 Å². The summed E-state index contributed by atoms with van der Waals surface area (Å²) >= 11 is -4.52. The van der Waals surface area contributed by atoms with Crippen molar-refractivity contribution < 1.29 is 26.0 Å². The van der Waals surface area contributed by atoms with E-state index < -0.39 is 16.1 Å². The molecular formula is C30H64O3Ti. The molecule has 0 heterocycles. The van der Waals surface area contributed by atoms with Gasteiger partial charge in [0.15, 0.2) is 0 Å². The molecule has 0 aromatic heterocycles. The van der Waals surface area contributed by atoms with Crippen LogP contribution in [0.5, 0.6) is 0 Å². The number of hydrogen-bond donors (Lipinski definition) is 0. The molecular weight excluding hydrogens is 456 g/mol. The van der Waals surface area contributed by atoms with E-state index in [-0.39, 0.29) is 0 Å². The van der Waals surface area contributed by atoms with Crippen LogP contribution in [-0.2, 0) is 26.0 Å². The van der Waals surface area contributed by atoms with Gasteiger partial charge in [-0.15, -0.1) is 0 Å². The molecule has 0 aromatic carbocycles. The first-order chi connectivity index (χ1) is 16.5. The molecule has 3 nitrogen and oxygen atoms in total. The van der Waals surface area contributed by atoms with Crippen molar-refractivity contribution in [3.63, 3.8) is 0 Å². The second-order valence-electron chi connectivity index (χ2n) is 10.9. The van der Waals surface area contributed by atoms with E-state index in [0.717, 1.165) is 44.9 Å². The molecule has 0 bridgehead atoms. The Morgan fingerprint density at radius 1 is 0.382 bits per heavy atom. The second kappa shape index (κ2) is 23.8. The van der Waals surface area contributed by atoms with Crippen LogP contribution in [0.15, 0.2) is 0 Å². The van der Waals surface area contributed by atoms with E-state index in [1.165, 1.54) is 96.3 Å². The zero-order chi connectivity index (χ0) is 25.2. The Bertz CT molecular complexity index is 466. The van der Waals surface area contributed by atoms with Crippen molar-refractivity contribution in [1.82, 2.24) is 0 Å². The Hall–Kier alpha value is 0.434. The summed E-state index contributed by atoms with van der Waals surface area (Å²) < 4.78 is 28.0. The number of rotatable bonds is 28. The van der Waals surface area contributed by atoms with Crippen LogP contribution in [0.25, 0.3) is 0 Å². The van der Waals surface area contributed by atoms with Crippen LogP contribution in [0.1, 0.15) is 169 Å². The molecule has 0 rings (SSSR count). The quantitative estimate of drug-likeness (QED) is 0.0760. The Kier molecular flexibility index (Phi) is 24.1. The van der Waals surface area contributed by atoms with Crippen molar-refractivity contribution in [2.45, 2.75) is 178 Å². The molecule has 0 aliphatic rings. The first-order valence-corrected chi connectivity index (χ1v) is 19.8. The van der Waals surface area contributed by atoms with Gasteiger partial charge in [0, 0.05) is 0 Å². The van der Waals surface area contributed by atoms with Gasteiger partial charge in [-0.2, -0.15) is 0 Å². The number of unbranched alkanes of at least 4 members (excludes halogenated alkanes) is 18. The van der Waals surface area contributed by atoms with Gasteiger partial charge in [-0.25, -0.2) is 0 Å². The fourth-order valence-electron chi connectivity index (χ4n) is 4.89. The van der Waals surface area contributed by atoms with Crippen molar-refractivity contribution in [3.8, 4) is 0 Å². The van der Waals surface area contributed by atoms with Crippen LogP contribution in [0.2, 0.25) is 9.45 Å². The zero-order valence-electron chi connectivity index (χ0n) is 24.1. The predicted molar refractivity (Wildman–Crippen MR) is 146 cm³/mol. The summed E-state index contributed by atoms with van der Waals surface area (Å²) in [5.74, 6) is 0. The SMILES string of the molecule is CCCCCCCCCCCCCCCCCC[O][Ti](=[O])([CH2]CCC)([CH2]CCC)[O]CCCC. The summed E-state index contributed by atoms with van der Waals surface area (Å²) in [6.45, 7) is 10.0. The van der Waals surface area contributed by atoms with Crippen LogP contribution >= 0.6 is 0 Å². The molecule has 0 N–H and O–H groups in total. The third-order valence-corrected chi connectivity index (χ3v) is 14.1. The average molecular weight is 521 g/mol. The molecule has 0 aromatic rings. The van der Waals surface area contributed by atoms with Crippen molar-refractivity contribution in [1.29, 1.82) is 0 Å². The van der Waals surface area contributed by atoms with E-state index >= 15 is 0 Å². The Morgan fingerprint density at radius 2 is 0.676 bits per heavy atom. The maximum absolute atomic E-state index is 14.2. The Labute approximate surface area is 217 Å². The summed E-state index contributed by atoms with van der Waals surface area (Å²) in [6, 6.07) is 0. The normalized spacial score (nSPS) is 12.5. The van der Waals surface area contributed by atoms with Gasteiger partial charge in [0.05, 0.1) is 0 Å². The van der Waals surface area contributed by atoms with Gasteiger partial charge in [0.2, 0.25) is 0 Å². The molecule has 0 saturated carbocycles. The fourth-order valence-corrected chi connectivity index (χ4v) is 11.4. The number of hydrogen-bond acceptors (Lipinski definition) is 3. The van der Waals surface area contributed by atoms with Gasteiger partial charge in [-0.1, -0.05) is 45.4 Å². The summed E-state index contributed by atoms with van der Waals surface area (Å²) in [4.78, 5) is 0. The van der Waals surface area contributed by atoms with E-state index in [9.17, 15) is 3.32 Å². The molecule has 0 unspecified atom stereocenters. The maximum atomic E-state index is 14.2. The van der Waals surface area contributed by atoms with Crippen molar-refractivity contribution in [3.05, 3.63) is 0 Å². The average Bonchev–Trinajstić information content (AvgIpc) is 2.84. The van der Waals surface area contributed by atoms with Gasteiger partial charge >= 0.3 is 172 Å². The molecule has 0 saturated heterocycles. The predicted octanol–water partition coefficient (Wildman–Crippen LogP) is 11.4. The fraction of sp³-hybridized carbons (Fsp3) is 1.00. The second-order valence-corrected chi connectivity index (χ2v) is 17.7. The third kappa shape index (κ3) is 19.6. The van der Waals surface area contributed by atoms with Gasteiger partial charge in [0.25, 0.3) is 0 Å². The summed E-state index contributed by atoms with van der Waals surface area (Å²) in [5, 5.41) is 0. The molecule has 206 valence electrons. The summed E-state index contributed by atoms with van der Waals surface area (Å²) in [6.07, 6.45) is 27.9. The minimum absolute atomic E-state index is 0.601. The van der Waals surface area contributed by atoms with Gasteiger partial charge in [-0.05, 0) is 0 Å². The molecule has 0 fully saturated rings. The van der Waals surface area contributed by atoms with Crippen molar-refractivity contribution in [2.24, 2.45) is 0 Å². The van der Waals surface area contributed by atoms with E-state index in [0.29, 0.717) is 22.7 Å². The van der Waals surface area contributed by atoms with E-state index in [4.69, 9.17) is 6.64 Å². The molecule has 0 spiro atoms. The molecule has 0 aliphatic carbocycles. The Morgan fingerprint density at radius 3 is 1.03 bits per heavy atom. The molecule has 0 radical (unpaired) electrons. The first kappa shape index (κ1) is 34.4.